The van der Waals surface area contributed by atoms with Gasteiger partial charge in [0.05, 0.1) is 6.61 Å². The molecule has 1 unspecified atom stereocenters. The monoisotopic (exact) mass is 312 g/mol. The van der Waals surface area contributed by atoms with Gasteiger partial charge in [-0.15, -0.1) is 0 Å². The van der Waals surface area contributed by atoms with E-state index in [9.17, 15) is 9.90 Å². The van der Waals surface area contributed by atoms with E-state index in [2.05, 4.69) is 4.98 Å². The summed E-state index contributed by atoms with van der Waals surface area (Å²) >= 11 is 0. The molecule has 0 spiro atoms. The maximum absolute atomic E-state index is 12.7. The number of likely N-dealkylation sites (tertiary alicyclic amines) is 1. The van der Waals surface area contributed by atoms with E-state index in [0.717, 1.165) is 24.8 Å². The van der Waals surface area contributed by atoms with E-state index < -0.39 is 0 Å². The van der Waals surface area contributed by atoms with Gasteiger partial charge in [0, 0.05) is 24.4 Å². The molecule has 4 rings (SSSR count). The van der Waals surface area contributed by atoms with Crippen molar-refractivity contribution in [2.75, 3.05) is 19.7 Å². The second-order valence-electron chi connectivity index (χ2n) is 6.63. The maximum Gasteiger partial charge on any atom is 0.275 e. The number of hydrogen-bond donors (Lipinski definition) is 1. The maximum atomic E-state index is 12.7. The van der Waals surface area contributed by atoms with Gasteiger partial charge in [-0.2, -0.15) is 0 Å². The molecule has 2 heterocycles. The molecule has 2 aliphatic rings. The fourth-order valence-corrected chi connectivity index (χ4v) is 3.36. The summed E-state index contributed by atoms with van der Waals surface area (Å²) in [6, 6.07) is 9.94. The quantitative estimate of drug-likeness (QED) is 0.941. The fraction of sp³-hybridized carbons (Fsp3) is 0.444. The van der Waals surface area contributed by atoms with Crippen LogP contribution in [0.4, 0.5) is 0 Å². The van der Waals surface area contributed by atoms with Crippen molar-refractivity contribution in [3.05, 3.63) is 53.7 Å². The lowest BCUT2D eigenvalue weighted by molar-refractivity contribution is 0.0768. The average molecular weight is 312 g/mol. The molecule has 1 amide bonds. The Labute approximate surface area is 134 Å². The van der Waals surface area contributed by atoms with Crippen LogP contribution in [-0.2, 0) is 5.41 Å². The summed E-state index contributed by atoms with van der Waals surface area (Å²) in [5.74, 6) is 0.979. The van der Waals surface area contributed by atoms with Gasteiger partial charge in [0.1, 0.15) is 6.26 Å². The van der Waals surface area contributed by atoms with E-state index in [1.54, 1.807) is 4.90 Å². The van der Waals surface area contributed by atoms with Gasteiger partial charge in [-0.1, -0.05) is 30.3 Å². The molecule has 1 atom stereocenters. The first-order valence-corrected chi connectivity index (χ1v) is 8.13. The van der Waals surface area contributed by atoms with E-state index >= 15 is 0 Å². The highest BCUT2D eigenvalue weighted by atomic mass is 16.3. The highest BCUT2D eigenvalue weighted by Gasteiger charge is 2.41. The summed E-state index contributed by atoms with van der Waals surface area (Å²) in [5, 5.41) is 9.95. The van der Waals surface area contributed by atoms with Crippen LogP contribution in [0, 0.1) is 0 Å². The predicted molar refractivity (Wildman–Crippen MR) is 84.2 cm³/mol. The minimum Gasteiger partial charge on any atom is -0.448 e. The third-order valence-corrected chi connectivity index (χ3v) is 5.00. The molecule has 1 aromatic heterocycles. The average Bonchev–Trinajstić information content (AvgIpc) is 3.17. The summed E-state index contributed by atoms with van der Waals surface area (Å²) < 4.78 is 5.42. The molecule has 1 aromatic carbocycles. The highest BCUT2D eigenvalue weighted by Crippen LogP contribution is 2.39. The van der Waals surface area contributed by atoms with E-state index in [1.807, 2.05) is 30.3 Å². The second kappa shape index (κ2) is 5.49. The number of aliphatic hydroxyl groups is 1. The molecule has 5 nitrogen and oxygen atoms in total. The summed E-state index contributed by atoms with van der Waals surface area (Å²) in [6.45, 7) is 1.17. The van der Waals surface area contributed by atoms with Crippen LogP contribution in [-0.4, -0.2) is 40.6 Å². The Bertz CT molecular complexity index is 708. The van der Waals surface area contributed by atoms with Crippen molar-refractivity contribution in [2.45, 2.75) is 30.6 Å². The Balaban J connectivity index is 1.53. The molecule has 2 fully saturated rings. The highest BCUT2D eigenvalue weighted by molar-refractivity contribution is 5.92. The molecule has 1 aliphatic heterocycles. The molecule has 5 heteroatoms. The lowest BCUT2D eigenvalue weighted by Crippen LogP contribution is -2.37. The van der Waals surface area contributed by atoms with Crippen molar-refractivity contribution in [1.82, 2.24) is 9.88 Å². The molecule has 1 saturated carbocycles. The van der Waals surface area contributed by atoms with Gasteiger partial charge in [0.2, 0.25) is 0 Å². The summed E-state index contributed by atoms with van der Waals surface area (Å²) in [7, 11) is 0. The van der Waals surface area contributed by atoms with Crippen LogP contribution in [0.5, 0.6) is 0 Å². The van der Waals surface area contributed by atoms with Crippen molar-refractivity contribution in [2.24, 2.45) is 0 Å². The molecule has 120 valence electrons. The number of carbonyl (C=O) groups excluding carboxylic acids is 1. The van der Waals surface area contributed by atoms with Crippen LogP contribution in [0.25, 0.3) is 0 Å². The first-order valence-electron chi connectivity index (χ1n) is 8.13. The zero-order valence-electron chi connectivity index (χ0n) is 12.9. The zero-order chi connectivity index (χ0) is 15.9. The van der Waals surface area contributed by atoms with Gasteiger partial charge >= 0.3 is 0 Å². The van der Waals surface area contributed by atoms with Gasteiger partial charge in [-0.25, -0.2) is 4.98 Å². The Hall–Kier alpha value is -2.14. The number of amides is 1. The Morgan fingerprint density at radius 1 is 1.35 bits per heavy atom. The Morgan fingerprint density at radius 2 is 2.13 bits per heavy atom. The SMILES string of the molecule is O=C(c1coc(C2CC2)n1)N1CCC(CO)(c2ccccc2)C1. The third-order valence-electron chi connectivity index (χ3n) is 5.00. The smallest absolute Gasteiger partial charge is 0.275 e. The van der Waals surface area contributed by atoms with Crippen LogP contribution >= 0.6 is 0 Å². The molecule has 23 heavy (non-hydrogen) atoms. The van der Waals surface area contributed by atoms with Crippen LogP contribution in [0.2, 0.25) is 0 Å². The standard InChI is InChI=1S/C18H20N2O3/c21-12-18(14-4-2-1-3-5-14)8-9-20(11-18)17(22)15-10-23-16(19-15)13-6-7-13/h1-5,10,13,21H,6-9,11-12H2. The van der Waals surface area contributed by atoms with Crippen LogP contribution < -0.4 is 0 Å². The van der Waals surface area contributed by atoms with Crippen molar-refractivity contribution < 1.29 is 14.3 Å². The minimum absolute atomic E-state index is 0.0347. The van der Waals surface area contributed by atoms with Crippen molar-refractivity contribution in [1.29, 1.82) is 0 Å². The minimum atomic E-state index is -0.375. The topological polar surface area (TPSA) is 66.6 Å². The lowest BCUT2D eigenvalue weighted by atomic mass is 9.80. The molecular formula is C18H20N2O3. The molecule has 0 bridgehead atoms. The number of nitrogens with zero attached hydrogens (tertiary/aromatic N) is 2. The number of rotatable bonds is 4. The first-order chi connectivity index (χ1) is 11.2. The number of aliphatic hydroxyl groups excluding tert-OH is 1. The lowest BCUT2D eigenvalue weighted by Gasteiger charge is -2.27. The number of benzene rings is 1. The van der Waals surface area contributed by atoms with Gasteiger partial charge in [0.25, 0.3) is 5.91 Å². The van der Waals surface area contributed by atoms with Crippen molar-refractivity contribution in [3.63, 3.8) is 0 Å². The van der Waals surface area contributed by atoms with Crippen molar-refractivity contribution in [3.8, 4) is 0 Å². The predicted octanol–water partition coefficient (Wildman–Crippen LogP) is 2.33. The van der Waals surface area contributed by atoms with Crippen LogP contribution in [0.1, 0.15) is 47.1 Å². The summed E-state index contributed by atoms with van der Waals surface area (Å²) in [6.07, 6.45) is 4.42. The number of aromatic nitrogens is 1. The fourth-order valence-electron chi connectivity index (χ4n) is 3.36. The zero-order valence-corrected chi connectivity index (χ0v) is 12.9. The van der Waals surface area contributed by atoms with Crippen LogP contribution in [0.3, 0.4) is 0 Å². The molecule has 0 radical (unpaired) electrons. The second-order valence-corrected chi connectivity index (χ2v) is 6.63. The summed E-state index contributed by atoms with van der Waals surface area (Å²) in [5.41, 5.74) is 1.09. The van der Waals surface area contributed by atoms with Gasteiger partial charge < -0.3 is 14.4 Å². The Kier molecular flexibility index (Phi) is 3.45. The van der Waals surface area contributed by atoms with Gasteiger partial charge in [-0.3, -0.25) is 4.79 Å². The largest absolute Gasteiger partial charge is 0.448 e. The molecular weight excluding hydrogens is 292 g/mol. The van der Waals surface area contributed by atoms with Gasteiger partial charge in [0.15, 0.2) is 11.6 Å². The number of hydrogen-bond acceptors (Lipinski definition) is 4. The van der Waals surface area contributed by atoms with Crippen LogP contribution in [0.15, 0.2) is 41.0 Å². The summed E-state index contributed by atoms with van der Waals surface area (Å²) in [4.78, 5) is 18.8. The molecule has 2 aromatic rings. The molecule has 1 N–H and O–H groups in total. The van der Waals surface area contributed by atoms with E-state index in [1.165, 1.54) is 6.26 Å². The van der Waals surface area contributed by atoms with E-state index in [0.29, 0.717) is 30.6 Å². The van der Waals surface area contributed by atoms with E-state index in [-0.39, 0.29) is 17.9 Å². The Morgan fingerprint density at radius 3 is 2.83 bits per heavy atom. The van der Waals surface area contributed by atoms with Crippen molar-refractivity contribution >= 4 is 5.91 Å². The normalized spacial score (nSPS) is 24.1. The third kappa shape index (κ3) is 2.55. The number of oxazole rings is 1. The van der Waals surface area contributed by atoms with Gasteiger partial charge in [-0.05, 0) is 24.8 Å². The number of carbonyl (C=O) groups is 1. The first kappa shape index (κ1) is 14.5. The molecule has 1 aliphatic carbocycles. The molecule has 1 saturated heterocycles. The van der Waals surface area contributed by atoms with E-state index in [4.69, 9.17) is 4.42 Å².